The molecule has 1 aliphatic rings. The Labute approximate surface area is 214 Å². The van der Waals surface area contributed by atoms with E-state index < -0.39 is 23.8 Å². The standard InChI is InChI=1S/C25H35F2N5O3S/c1-13(2)15(4)30-18-10-16(21(26)27)17(11-28-18)20-19(24(34)32-9-7-8-14(32)3)31-23(36-20)22(33)29-12-25(5,6)35/h10-11,13-15,21,35H,7-9,12H2,1-6H3,(H,28,30)(H,29,33)/t14-,15+/m0/s1. The molecule has 1 fully saturated rings. The topological polar surface area (TPSA) is 107 Å². The molecule has 11 heteroatoms. The maximum atomic E-state index is 14.2. The number of rotatable bonds is 9. The first kappa shape index (κ1) is 27.9. The van der Waals surface area contributed by atoms with Gasteiger partial charge in [0.05, 0.1) is 10.5 Å². The predicted octanol–water partition coefficient (Wildman–Crippen LogP) is 4.72. The summed E-state index contributed by atoms with van der Waals surface area (Å²) in [6.07, 6.45) is 0.153. The number of carbonyl (C=O) groups is 2. The summed E-state index contributed by atoms with van der Waals surface area (Å²) in [4.78, 5) is 36.7. The highest BCUT2D eigenvalue weighted by molar-refractivity contribution is 7.17. The van der Waals surface area contributed by atoms with Gasteiger partial charge in [0.2, 0.25) is 0 Å². The third-order valence-corrected chi connectivity index (χ3v) is 7.40. The number of hydrogen-bond donors (Lipinski definition) is 3. The lowest BCUT2D eigenvalue weighted by molar-refractivity contribution is 0.0692. The Bertz CT molecular complexity index is 1100. The summed E-state index contributed by atoms with van der Waals surface area (Å²) in [6.45, 7) is 11.5. The Hall–Kier alpha value is -2.66. The molecule has 1 saturated heterocycles. The highest BCUT2D eigenvalue weighted by atomic mass is 32.1. The van der Waals surface area contributed by atoms with Crippen LogP contribution in [0, 0.1) is 5.92 Å². The second-order valence-electron chi connectivity index (χ2n) is 10.3. The number of carbonyl (C=O) groups excluding carboxylic acids is 2. The van der Waals surface area contributed by atoms with E-state index in [2.05, 4.69) is 20.6 Å². The van der Waals surface area contributed by atoms with E-state index in [1.807, 2.05) is 27.7 Å². The fourth-order valence-electron chi connectivity index (χ4n) is 3.81. The molecule has 198 valence electrons. The molecule has 0 radical (unpaired) electrons. The number of pyridine rings is 1. The zero-order valence-electron chi connectivity index (χ0n) is 21.6. The Morgan fingerprint density at radius 2 is 2.00 bits per heavy atom. The summed E-state index contributed by atoms with van der Waals surface area (Å²) in [7, 11) is 0. The summed E-state index contributed by atoms with van der Waals surface area (Å²) >= 11 is 0.870. The van der Waals surface area contributed by atoms with Crippen molar-refractivity contribution in [3.8, 4) is 10.4 Å². The minimum atomic E-state index is -2.83. The molecule has 0 aliphatic carbocycles. The molecule has 1 aliphatic heterocycles. The molecule has 2 atom stereocenters. The monoisotopic (exact) mass is 523 g/mol. The highest BCUT2D eigenvalue weighted by Crippen LogP contribution is 2.39. The lowest BCUT2D eigenvalue weighted by atomic mass is 10.1. The van der Waals surface area contributed by atoms with Crippen molar-refractivity contribution in [2.75, 3.05) is 18.4 Å². The van der Waals surface area contributed by atoms with Gasteiger partial charge in [-0.05, 0) is 52.5 Å². The largest absolute Gasteiger partial charge is 0.389 e. The molecule has 3 N–H and O–H groups in total. The lowest BCUT2D eigenvalue weighted by Crippen LogP contribution is -2.38. The van der Waals surface area contributed by atoms with E-state index in [1.165, 1.54) is 12.3 Å². The van der Waals surface area contributed by atoms with Gasteiger partial charge in [0.1, 0.15) is 11.5 Å². The Balaban J connectivity index is 2.07. The summed E-state index contributed by atoms with van der Waals surface area (Å²) in [6, 6.07) is 1.28. The second kappa shape index (κ2) is 11.2. The molecule has 0 bridgehead atoms. The van der Waals surface area contributed by atoms with Crippen molar-refractivity contribution in [1.82, 2.24) is 20.2 Å². The fraction of sp³-hybridized carbons (Fsp3) is 0.600. The van der Waals surface area contributed by atoms with Crippen molar-refractivity contribution in [3.05, 3.63) is 28.5 Å². The van der Waals surface area contributed by atoms with Gasteiger partial charge in [0, 0.05) is 42.5 Å². The van der Waals surface area contributed by atoms with Gasteiger partial charge in [-0.1, -0.05) is 13.8 Å². The molecule has 2 amide bonds. The number of amides is 2. The van der Waals surface area contributed by atoms with Crippen LogP contribution in [0.25, 0.3) is 10.4 Å². The zero-order chi connectivity index (χ0) is 26.8. The predicted molar refractivity (Wildman–Crippen MR) is 137 cm³/mol. The molecule has 0 spiro atoms. The van der Waals surface area contributed by atoms with Crippen LogP contribution in [0.5, 0.6) is 0 Å². The number of anilines is 1. The number of alkyl halides is 2. The SMILES string of the molecule is CC(C)[C@@H](C)Nc1cc(C(F)F)c(-c2sc(C(=O)NCC(C)(C)O)nc2C(=O)N2CCC[C@@H]2C)cn1. The first-order valence-corrected chi connectivity index (χ1v) is 13.0. The van der Waals surface area contributed by atoms with Crippen LogP contribution in [0.2, 0.25) is 0 Å². The average Bonchev–Trinajstić information content (AvgIpc) is 3.43. The normalized spacial score (nSPS) is 17.1. The molecule has 2 aromatic heterocycles. The van der Waals surface area contributed by atoms with Crippen LogP contribution in [0.1, 0.15) is 86.7 Å². The van der Waals surface area contributed by atoms with Gasteiger partial charge in [0.15, 0.2) is 5.01 Å². The third-order valence-electron chi connectivity index (χ3n) is 6.31. The van der Waals surface area contributed by atoms with E-state index in [0.29, 0.717) is 12.4 Å². The molecule has 36 heavy (non-hydrogen) atoms. The number of aromatic nitrogens is 2. The van der Waals surface area contributed by atoms with E-state index in [4.69, 9.17) is 0 Å². The third kappa shape index (κ3) is 6.56. The molecule has 3 rings (SSSR count). The zero-order valence-corrected chi connectivity index (χ0v) is 22.4. The molecular formula is C25H35F2N5O3S. The highest BCUT2D eigenvalue weighted by Gasteiger charge is 2.33. The first-order valence-electron chi connectivity index (χ1n) is 12.2. The molecule has 2 aromatic rings. The maximum Gasteiger partial charge on any atom is 0.280 e. The van der Waals surface area contributed by atoms with Crippen molar-refractivity contribution in [3.63, 3.8) is 0 Å². The number of thiazole rings is 1. The maximum absolute atomic E-state index is 14.2. The van der Waals surface area contributed by atoms with Gasteiger partial charge in [-0.15, -0.1) is 11.3 Å². The van der Waals surface area contributed by atoms with Crippen LogP contribution >= 0.6 is 11.3 Å². The first-order chi connectivity index (χ1) is 16.8. The molecule has 0 saturated carbocycles. The number of nitrogens with one attached hydrogen (secondary N) is 2. The number of hydrogen-bond acceptors (Lipinski definition) is 7. The van der Waals surface area contributed by atoms with Crippen LogP contribution < -0.4 is 10.6 Å². The van der Waals surface area contributed by atoms with Crippen LogP contribution in [-0.4, -0.2) is 62.6 Å². The smallest absolute Gasteiger partial charge is 0.280 e. The number of halogens is 2. The van der Waals surface area contributed by atoms with Crippen LogP contribution in [-0.2, 0) is 0 Å². The Kier molecular flexibility index (Phi) is 8.66. The molecule has 8 nitrogen and oxygen atoms in total. The van der Waals surface area contributed by atoms with Gasteiger partial charge < -0.3 is 20.6 Å². The van der Waals surface area contributed by atoms with E-state index in [0.717, 1.165) is 24.2 Å². The number of nitrogens with zero attached hydrogens (tertiary/aromatic N) is 3. The van der Waals surface area contributed by atoms with Crippen molar-refractivity contribution < 1.29 is 23.5 Å². The Morgan fingerprint density at radius 1 is 1.31 bits per heavy atom. The second-order valence-corrected chi connectivity index (χ2v) is 11.3. The van der Waals surface area contributed by atoms with E-state index >= 15 is 0 Å². The van der Waals surface area contributed by atoms with Gasteiger partial charge in [0.25, 0.3) is 18.2 Å². The van der Waals surface area contributed by atoms with Crippen molar-refractivity contribution >= 4 is 29.0 Å². The fourth-order valence-corrected chi connectivity index (χ4v) is 4.81. The van der Waals surface area contributed by atoms with Gasteiger partial charge in [-0.25, -0.2) is 18.7 Å². The minimum absolute atomic E-state index is 0.0112. The summed E-state index contributed by atoms with van der Waals surface area (Å²) in [5.41, 5.74) is -1.41. The minimum Gasteiger partial charge on any atom is -0.389 e. The van der Waals surface area contributed by atoms with Gasteiger partial charge in [-0.3, -0.25) is 9.59 Å². The molecule has 0 unspecified atom stereocenters. The molecule has 3 heterocycles. The summed E-state index contributed by atoms with van der Waals surface area (Å²) < 4.78 is 28.5. The average molecular weight is 524 g/mol. The Morgan fingerprint density at radius 3 is 2.56 bits per heavy atom. The van der Waals surface area contributed by atoms with E-state index in [9.17, 15) is 23.5 Å². The van der Waals surface area contributed by atoms with E-state index in [-0.39, 0.29) is 51.3 Å². The van der Waals surface area contributed by atoms with Gasteiger partial charge >= 0.3 is 0 Å². The van der Waals surface area contributed by atoms with Crippen LogP contribution in [0.4, 0.5) is 14.6 Å². The van der Waals surface area contributed by atoms with Crippen molar-refractivity contribution in [2.45, 2.75) is 78.5 Å². The summed E-state index contributed by atoms with van der Waals surface area (Å²) in [5.74, 6) is -0.417. The van der Waals surface area contributed by atoms with Crippen molar-refractivity contribution in [2.24, 2.45) is 5.92 Å². The number of likely N-dealkylation sites (tertiary alicyclic amines) is 1. The molecular weight excluding hydrogens is 488 g/mol. The van der Waals surface area contributed by atoms with Crippen LogP contribution in [0.15, 0.2) is 12.3 Å². The molecule has 0 aromatic carbocycles. The van der Waals surface area contributed by atoms with Crippen LogP contribution in [0.3, 0.4) is 0 Å². The van der Waals surface area contributed by atoms with Crippen molar-refractivity contribution in [1.29, 1.82) is 0 Å². The quantitative estimate of drug-likeness (QED) is 0.439. The summed E-state index contributed by atoms with van der Waals surface area (Å²) in [5, 5.41) is 15.6. The lowest BCUT2D eigenvalue weighted by Gasteiger charge is -2.21. The van der Waals surface area contributed by atoms with E-state index in [1.54, 1.807) is 18.7 Å². The van der Waals surface area contributed by atoms with Gasteiger partial charge in [-0.2, -0.15) is 0 Å². The number of aliphatic hydroxyl groups is 1.